The number of carbonyl (C=O) groups is 1. The molecular weight excluding hydrogens is 267 g/mol. The number of alkyl halides is 1. The first-order chi connectivity index (χ1) is 6.57. The number of halogens is 2. The van der Waals surface area contributed by atoms with Gasteiger partial charge in [0, 0.05) is 0 Å². The lowest BCUT2D eigenvalue weighted by Crippen LogP contribution is -2.12. The molecule has 1 aromatic carbocycles. The lowest BCUT2D eigenvalue weighted by Gasteiger charge is -2.10. The summed E-state index contributed by atoms with van der Waals surface area (Å²) in [5.41, 5.74) is 0.432. The molecule has 0 N–H and O–H groups in total. The molecule has 14 heavy (non-hydrogen) atoms. The molecule has 0 spiro atoms. The fourth-order valence-corrected chi connectivity index (χ4v) is 1.60. The number of methoxy groups -OCH3 is 1. The van der Waals surface area contributed by atoms with Crippen molar-refractivity contribution in [1.29, 1.82) is 0 Å². The van der Waals surface area contributed by atoms with E-state index in [0.717, 1.165) is 0 Å². The highest BCUT2D eigenvalue weighted by atomic mass is 79.9. The zero-order chi connectivity index (χ0) is 10.7. The summed E-state index contributed by atoms with van der Waals surface area (Å²) in [5, 5.41) is 0.417. The van der Waals surface area contributed by atoms with Gasteiger partial charge in [-0.2, -0.15) is 0 Å². The third-order valence-electron chi connectivity index (χ3n) is 1.80. The third kappa shape index (κ3) is 2.28. The van der Waals surface area contributed by atoms with Crippen LogP contribution >= 0.6 is 27.5 Å². The van der Waals surface area contributed by atoms with Gasteiger partial charge in [-0.3, -0.25) is 4.79 Å². The minimum atomic E-state index is -0.267. The van der Waals surface area contributed by atoms with Crippen LogP contribution in [0.25, 0.3) is 0 Å². The minimum Gasteiger partial charge on any atom is -0.496 e. The predicted molar refractivity (Wildman–Crippen MR) is 60.7 cm³/mol. The summed E-state index contributed by atoms with van der Waals surface area (Å²) in [7, 11) is 1.52. The first-order valence-corrected chi connectivity index (χ1v) is 5.38. The average molecular weight is 278 g/mol. The molecular formula is C10H10BrClO2. The van der Waals surface area contributed by atoms with Crippen molar-refractivity contribution in [3.8, 4) is 5.75 Å². The van der Waals surface area contributed by atoms with Crippen molar-refractivity contribution in [3.05, 3.63) is 28.8 Å². The van der Waals surface area contributed by atoms with Crippen molar-refractivity contribution >= 4 is 33.3 Å². The van der Waals surface area contributed by atoms with Crippen LogP contribution in [0.1, 0.15) is 17.3 Å². The lowest BCUT2D eigenvalue weighted by atomic mass is 10.1. The molecule has 4 heteroatoms. The molecule has 0 saturated carbocycles. The van der Waals surface area contributed by atoms with E-state index in [-0.39, 0.29) is 10.6 Å². The Bertz CT molecular complexity index is 350. The summed E-state index contributed by atoms with van der Waals surface area (Å²) in [6, 6.07) is 5.14. The van der Waals surface area contributed by atoms with Crippen molar-refractivity contribution in [2.24, 2.45) is 0 Å². The second-order valence-electron chi connectivity index (χ2n) is 2.80. The topological polar surface area (TPSA) is 26.3 Å². The Hall–Kier alpha value is -0.540. The van der Waals surface area contributed by atoms with Gasteiger partial charge in [0.15, 0.2) is 5.78 Å². The standard InChI is InChI=1S/C10H10BrClO2/c1-6(11)10(13)9-7(12)4-3-5-8(9)14-2/h3-6H,1-2H3. The number of hydrogen-bond acceptors (Lipinski definition) is 2. The molecule has 0 aliphatic heterocycles. The Morgan fingerprint density at radius 2 is 2.21 bits per heavy atom. The van der Waals surface area contributed by atoms with Crippen LogP contribution in [0, 0.1) is 0 Å². The van der Waals surface area contributed by atoms with Gasteiger partial charge in [0.25, 0.3) is 0 Å². The van der Waals surface area contributed by atoms with Gasteiger partial charge in [0.2, 0.25) is 0 Å². The maximum Gasteiger partial charge on any atom is 0.181 e. The number of ether oxygens (including phenoxy) is 1. The van der Waals surface area contributed by atoms with Crippen molar-refractivity contribution in [1.82, 2.24) is 0 Å². The summed E-state index contributed by atoms with van der Waals surface area (Å²) in [6.45, 7) is 1.76. The fraction of sp³-hybridized carbons (Fsp3) is 0.300. The third-order valence-corrected chi connectivity index (χ3v) is 2.53. The normalized spacial score (nSPS) is 12.3. The Labute approximate surface area is 96.3 Å². The van der Waals surface area contributed by atoms with Crippen molar-refractivity contribution in [3.63, 3.8) is 0 Å². The molecule has 0 aliphatic rings. The van der Waals surface area contributed by atoms with Crippen LogP contribution in [-0.4, -0.2) is 17.7 Å². The summed E-state index contributed by atoms with van der Waals surface area (Å²) in [6.07, 6.45) is 0. The van der Waals surface area contributed by atoms with Crippen LogP contribution in [0.3, 0.4) is 0 Å². The van der Waals surface area contributed by atoms with Gasteiger partial charge in [0.05, 0.1) is 22.5 Å². The largest absolute Gasteiger partial charge is 0.496 e. The van der Waals surface area contributed by atoms with Gasteiger partial charge >= 0.3 is 0 Å². The number of hydrogen-bond donors (Lipinski definition) is 0. The zero-order valence-electron chi connectivity index (χ0n) is 7.88. The number of benzene rings is 1. The van der Waals surface area contributed by atoms with E-state index in [0.29, 0.717) is 16.3 Å². The lowest BCUT2D eigenvalue weighted by molar-refractivity contribution is 0.0993. The van der Waals surface area contributed by atoms with Crippen LogP contribution in [0.2, 0.25) is 5.02 Å². The Balaban J connectivity index is 3.23. The Morgan fingerprint density at radius 1 is 1.57 bits per heavy atom. The minimum absolute atomic E-state index is 0.0764. The van der Waals surface area contributed by atoms with E-state index in [9.17, 15) is 4.79 Å². The van der Waals surface area contributed by atoms with Gasteiger partial charge in [-0.05, 0) is 19.1 Å². The predicted octanol–water partition coefficient (Wildman–Crippen LogP) is 3.31. The van der Waals surface area contributed by atoms with Gasteiger partial charge in [-0.25, -0.2) is 0 Å². The molecule has 0 saturated heterocycles. The number of rotatable bonds is 3. The second kappa shape index (κ2) is 4.80. The molecule has 76 valence electrons. The average Bonchev–Trinajstić information content (AvgIpc) is 2.16. The first-order valence-electron chi connectivity index (χ1n) is 4.08. The molecule has 2 nitrogen and oxygen atoms in total. The molecule has 0 amide bonds. The van der Waals surface area contributed by atoms with Crippen molar-refractivity contribution < 1.29 is 9.53 Å². The molecule has 0 heterocycles. The molecule has 0 aliphatic carbocycles. The second-order valence-corrected chi connectivity index (χ2v) is 4.58. The summed E-state index contributed by atoms with van der Waals surface area (Å²) < 4.78 is 5.07. The Kier molecular flexibility index (Phi) is 3.96. The van der Waals surface area contributed by atoms with E-state index in [1.807, 2.05) is 0 Å². The van der Waals surface area contributed by atoms with Crippen molar-refractivity contribution in [2.75, 3.05) is 7.11 Å². The van der Waals surface area contributed by atoms with Crippen LogP contribution in [0.15, 0.2) is 18.2 Å². The highest BCUT2D eigenvalue weighted by Gasteiger charge is 2.19. The van der Waals surface area contributed by atoms with Gasteiger partial charge < -0.3 is 4.74 Å². The molecule has 0 bridgehead atoms. The number of Topliss-reactive ketones (excluding diaryl/α,β-unsaturated/α-hetero) is 1. The van der Waals surface area contributed by atoms with E-state index in [1.165, 1.54) is 7.11 Å². The molecule has 0 fully saturated rings. The van der Waals surface area contributed by atoms with Crippen LogP contribution in [0.4, 0.5) is 0 Å². The highest BCUT2D eigenvalue weighted by Crippen LogP contribution is 2.28. The summed E-state index contributed by atoms with van der Waals surface area (Å²) in [5.74, 6) is 0.432. The molecule has 1 atom stereocenters. The summed E-state index contributed by atoms with van der Waals surface area (Å²) >= 11 is 9.14. The van der Waals surface area contributed by atoms with E-state index >= 15 is 0 Å². The highest BCUT2D eigenvalue weighted by molar-refractivity contribution is 9.10. The van der Waals surface area contributed by atoms with Gasteiger partial charge in [0.1, 0.15) is 5.75 Å². The molecule has 0 aromatic heterocycles. The van der Waals surface area contributed by atoms with Crippen LogP contribution in [-0.2, 0) is 0 Å². The van der Waals surface area contributed by atoms with E-state index in [1.54, 1.807) is 25.1 Å². The fourth-order valence-electron chi connectivity index (χ4n) is 1.11. The quantitative estimate of drug-likeness (QED) is 0.626. The van der Waals surface area contributed by atoms with Gasteiger partial charge in [-0.15, -0.1) is 0 Å². The van der Waals surface area contributed by atoms with Crippen molar-refractivity contribution in [2.45, 2.75) is 11.8 Å². The zero-order valence-corrected chi connectivity index (χ0v) is 10.2. The van der Waals surface area contributed by atoms with Crippen LogP contribution < -0.4 is 4.74 Å². The molecule has 1 unspecified atom stereocenters. The molecule has 0 radical (unpaired) electrons. The molecule has 1 rings (SSSR count). The maximum atomic E-state index is 11.7. The van der Waals surface area contributed by atoms with E-state index < -0.39 is 0 Å². The first kappa shape index (κ1) is 11.5. The number of ketones is 1. The van der Waals surface area contributed by atoms with E-state index in [4.69, 9.17) is 16.3 Å². The van der Waals surface area contributed by atoms with Gasteiger partial charge in [-0.1, -0.05) is 33.6 Å². The SMILES string of the molecule is COc1cccc(Cl)c1C(=O)C(C)Br. The monoisotopic (exact) mass is 276 g/mol. The number of carbonyl (C=O) groups excluding carboxylic acids is 1. The smallest absolute Gasteiger partial charge is 0.181 e. The summed E-state index contributed by atoms with van der Waals surface area (Å²) in [4.78, 5) is 11.5. The molecule has 1 aromatic rings. The maximum absolute atomic E-state index is 11.7. The van der Waals surface area contributed by atoms with E-state index in [2.05, 4.69) is 15.9 Å². The Morgan fingerprint density at radius 3 is 2.71 bits per heavy atom. The van der Waals surface area contributed by atoms with Crippen LogP contribution in [0.5, 0.6) is 5.75 Å².